The molecular formula is C17H24ClNO2. The van der Waals surface area contributed by atoms with Crippen molar-refractivity contribution >= 4 is 17.5 Å². The van der Waals surface area contributed by atoms with Crippen LogP contribution in [0, 0.1) is 0 Å². The van der Waals surface area contributed by atoms with Crippen molar-refractivity contribution in [3.8, 4) is 5.75 Å². The Kier molecular flexibility index (Phi) is 5.92. The van der Waals surface area contributed by atoms with Crippen LogP contribution in [-0.4, -0.2) is 35.4 Å². The van der Waals surface area contributed by atoms with E-state index >= 15 is 0 Å². The number of rotatable bonds is 4. The molecule has 1 saturated heterocycles. The zero-order valence-corrected chi connectivity index (χ0v) is 13.6. The summed E-state index contributed by atoms with van der Waals surface area (Å²) in [6, 6.07) is 7.57. The molecule has 116 valence electrons. The molecular weight excluding hydrogens is 286 g/mol. The van der Waals surface area contributed by atoms with Crippen LogP contribution in [0.5, 0.6) is 5.75 Å². The number of nitrogens with zero attached hydrogens (tertiary/aromatic N) is 1. The molecule has 0 saturated carbocycles. The van der Waals surface area contributed by atoms with Crippen molar-refractivity contribution in [1.29, 1.82) is 0 Å². The highest BCUT2D eigenvalue weighted by atomic mass is 35.5. The Labute approximate surface area is 132 Å². The largest absolute Gasteiger partial charge is 0.491 e. The lowest BCUT2D eigenvalue weighted by Gasteiger charge is -2.28. The Hall–Kier alpha value is -1.22. The van der Waals surface area contributed by atoms with Gasteiger partial charge in [-0.15, -0.1) is 11.6 Å². The molecule has 1 amide bonds. The third kappa shape index (κ3) is 4.37. The molecule has 1 heterocycles. The van der Waals surface area contributed by atoms with Crippen molar-refractivity contribution in [1.82, 2.24) is 4.90 Å². The van der Waals surface area contributed by atoms with E-state index in [-0.39, 0.29) is 18.1 Å². The Morgan fingerprint density at radius 2 is 2.00 bits per heavy atom. The second kappa shape index (κ2) is 7.69. The topological polar surface area (TPSA) is 29.5 Å². The van der Waals surface area contributed by atoms with Crippen LogP contribution in [0.3, 0.4) is 0 Å². The Balaban J connectivity index is 2.10. The number of halogens is 1. The summed E-state index contributed by atoms with van der Waals surface area (Å²) in [5.74, 6) is 1.39. The third-order valence-electron chi connectivity index (χ3n) is 3.79. The van der Waals surface area contributed by atoms with Gasteiger partial charge in [-0.25, -0.2) is 0 Å². The minimum absolute atomic E-state index is 0.0821. The van der Waals surface area contributed by atoms with Crippen LogP contribution in [0.1, 0.15) is 49.9 Å². The average Bonchev–Trinajstić information content (AvgIpc) is 2.71. The number of hydrogen-bond acceptors (Lipinski definition) is 2. The predicted octanol–water partition coefficient (Wildman–Crippen LogP) is 4.10. The lowest BCUT2D eigenvalue weighted by Crippen LogP contribution is -2.41. The highest BCUT2D eigenvalue weighted by Crippen LogP contribution is 2.21. The molecule has 0 spiro atoms. The Morgan fingerprint density at radius 3 is 2.62 bits per heavy atom. The number of ether oxygens (including phenoxy) is 1. The van der Waals surface area contributed by atoms with Crippen LogP contribution in [-0.2, 0) is 0 Å². The van der Waals surface area contributed by atoms with Crippen molar-refractivity contribution in [2.45, 2.75) is 51.7 Å². The van der Waals surface area contributed by atoms with Crippen LogP contribution in [0.4, 0.5) is 0 Å². The van der Waals surface area contributed by atoms with E-state index in [4.69, 9.17) is 16.3 Å². The van der Waals surface area contributed by atoms with Crippen LogP contribution >= 0.6 is 11.6 Å². The zero-order valence-electron chi connectivity index (χ0n) is 12.8. The minimum Gasteiger partial charge on any atom is -0.491 e. The molecule has 1 atom stereocenters. The monoisotopic (exact) mass is 309 g/mol. The van der Waals surface area contributed by atoms with Gasteiger partial charge in [-0.2, -0.15) is 0 Å². The quantitative estimate of drug-likeness (QED) is 0.784. The van der Waals surface area contributed by atoms with Gasteiger partial charge in [-0.05, 0) is 51.0 Å². The van der Waals surface area contributed by atoms with E-state index in [9.17, 15) is 4.79 Å². The molecule has 1 fully saturated rings. The number of hydrogen-bond donors (Lipinski definition) is 0. The molecule has 0 aromatic heterocycles. The van der Waals surface area contributed by atoms with E-state index in [2.05, 4.69) is 0 Å². The molecule has 3 nitrogen and oxygen atoms in total. The van der Waals surface area contributed by atoms with E-state index in [1.165, 1.54) is 6.42 Å². The number of amides is 1. The fourth-order valence-electron chi connectivity index (χ4n) is 2.72. The van der Waals surface area contributed by atoms with Gasteiger partial charge >= 0.3 is 0 Å². The Morgan fingerprint density at radius 1 is 1.29 bits per heavy atom. The summed E-state index contributed by atoms with van der Waals surface area (Å²) < 4.78 is 5.61. The van der Waals surface area contributed by atoms with Crippen LogP contribution in [0.25, 0.3) is 0 Å². The summed E-state index contributed by atoms with van der Waals surface area (Å²) in [6.07, 6.45) is 4.54. The highest BCUT2D eigenvalue weighted by molar-refractivity contribution is 6.18. The molecule has 1 aliphatic heterocycles. The van der Waals surface area contributed by atoms with Gasteiger partial charge in [-0.3, -0.25) is 4.79 Å². The van der Waals surface area contributed by atoms with Crippen LogP contribution in [0.15, 0.2) is 24.3 Å². The van der Waals surface area contributed by atoms with Gasteiger partial charge in [0.25, 0.3) is 5.91 Å². The lowest BCUT2D eigenvalue weighted by atomic mass is 10.1. The average molecular weight is 310 g/mol. The highest BCUT2D eigenvalue weighted by Gasteiger charge is 2.25. The van der Waals surface area contributed by atoms with Gasteiger partial charge in [-0.1, -0.05) is 12.8 Å². The molecule has 4 heteroatoms. The molecule has 0 bridgehead atoms. The van der Waals surface area contributed by atoms with Gasteiger partial charge in [0.05, 0.1) is 6.10 Å². The maximum absolute atomic E-state index is 12.7. The fourth-order valence-corrected chi connectivity index (χ4v) is 3.04. The SMILES string of the molecule is CC(C)Oc1ccc(C(=O)N2CCCCCC2CCl)cc1. The van der Waals surface area contributed by atoms with Crippen molar-refractivity contribution in [2.75, 3.05) is 12.4 Å². The summed E-state index contributed by atoms with van der Waals surface area (Å²) in [7, 11) is 0. The first-order chi connectivity index (χ1) is 10.1. The maximum Gasteiger partial charge on any atom is 0.254 e. The Bertz CT molecular complexity index is 458. The zero-order chi connectivity index (χ0) is 15.2. The maximum atomic E-state index is 12.7. The predicted molar refractivity (Wildman–Crippen MR) is 86.2 cm³/mol. The number of likely N-dealkylation sites (tertiary alicyclic amines) is 1. The molecule has 21 heavy (non-hydrogen) atoms. The summed E-state index contributed by atoms with van der Waals surface area (Å²) in [5, 5.41) is 0. The first kappa shape index (κ1) is 16.2. The van der Waals surface area contributed by atoms with Crippen molar-refractivity contribution in [2.24, 2.45) is 0 Å². The molecule has 1 unspecified atom stereocenters. The number of alkyl halides is 1. The third-order valence-corrected chi connectivity index (χ3v) is 4.15. The molecule has 0 N–H and O–H groups in total. The van der Waals surface area contributed by atoms with E-state index in [1.807, 2.05) is 43.0 Å². The van der Waals surface area contributed by atoms with Gasteiger partial charge in [0, 0.05) is 24.0 Å². The van der Waals surface area contributed by atoms with E-state index in [0.717, 1.165) is 31.6 Å². The second-order valence-corrected chi connectivity index (χ2v) is 6.16. The molecule has 0 aliphatic carbocycles. The number of carbonyl (C=O) groups excluding carboxylic acids is 1. The van der Waals surface area contributed by atoms with Crippen molar-refractivity contribution in [3.63, 3.8) is 0 Å². The van der Waals surface area contributed by atoms with Gasteiger partial charge in [0.2, 0.25) is 0 Å². The molecule has 1 aromatic rings. The lowest BCUT2D eigenvalue weighted by molar-refractivity contribution is 0.0700. The van der Waals surface area contributed by atoms with Crippen LogP contribution in [0.2, 0.25) is 0 Å². The van der Waals surface area contributed by atoms with Gasteiger partial charge in [0.1, 0.15) is 5.75 Å². The fraction of sp³-hybridized carbons (Fsp3) is 0.588. The van der Waals surface area contributed by atoms with E-state index in [0.29, 0.717) is 11.4 Å². The first-order valence-electron chi connectivity index (χ1n) is 7.75. The number of benzene rings is 1. The van der Waals surface area contributed by atoms with Crippen molar-refractivity contribution in [3.05, 3.63) is 29.8 Å². The van der Waals surface area contributed by atoms with Gasteiger partial charge in [0.15, 0.2) is 0 Å². The minimum atomic E-state index is 0.0821. The normalized spacial score (nSPS) is 19.4. The smallest absolute Gasteiger partial charge is 0.254 e. The standard InChI is InChI=1S/C17H24ClNO2/c1-13(2)21-16-9-7-14(8-10-16)17(20)19-11-5-3-4-6-15(19)12-18/h7-10,13,15H,3-6,11-12H2,1-2H3. The molecule has 1 aliphatic rings. The first-order valence-corrected chi connectivity index (χ1v) is 8.29. The summed E-state index contributed by atoms with van der Waals surface area (Å²) in [5.41, 5.74) is 0.711. The van der Waals surface area contributed by atoms with E-state index < -0.39 is 0 Å². The van der Waals surface area contributed by atoms with Gasteiger partial charge < -0.3 is 9.64 Å². The summed E-state index contributed by atoms with van der Waals surface area (Å²) >= 11 is 6.05. The second-order valence-electron chi connectivity index (χ2n) is 5.85. The van der Waals surface area contributed by atoms with Crippen molar-refractivity contribution < 1.29 is 9.53 Å². The van der Waals surface area contributed by atoms with Crippen LogP contribution < -0.4 is 4.74 Å². The molecule has 0 radical (unpaired) electrons. The summed E-state index contributed by atoms with van der Waals surface area (Å²) in [4.78, 5) is 14.6. The summed E-state index contributed by atoms with van der Waals surface area (Å²) in [6.45, 7) is 4.78. The number of carbonyl (C=O) groups is 1. The molecule has 1 aromatic carbocycles. The molecule has 2 rings (SSSR count). The van der Waals surface area contributed by atoms with E-state index in [1.54, 1.807) is 0 Å².